The van der Waals surface area contributed by atoms with Gasteiger partial charge in [-0.05, 0) is 12.2 Å². The van der Waals surface area contributed by atoms with Crippen LogP contribution in [0.25, 0.3) is 0 Å². The van der Waals surface area contributed by atoms with E-state index in [1.54, 1.807) is 0 Å². The number of esters is 2. The second kappa shape index (κ2) is 16.1. The largest absolute Gasteiger partial charge is 0.870 e. The van der Waals surface area contributed by atoms with E-state index in [2.05, 4.69) is 16.2 Å². The summed E-state index contributed by atoms with van der Waals surface area (Å²) in [5.41, 5.74) is 0. The average molecular weight is 491 g/mol. The first-order valence-electron chi connectivity index (χ1n) is 11.8. The number of cyclic esters (lactones) is 1. The maximum absolute atomic E-state index is 11.9. The van der Waals surface area contributed by atoms with E-state index in [9.17, 15) is 34.2 Å². The number of unbranched alkanes of at least 4 members (excludes halogenated alkanes) is 12. The number of aliphatic hydroxyl groups is 1. The predicted octanol–water partition coefficient (Wildman–Crippen LogP) is 1.71. The zero-order valence-corrected chi connectivity index (χ0v) is 20.2. The molecule has 0 saturated heterocycles. The fraction of sp³-hybridized carbons (Fsp3) is 0.818. The van der Waals surface area contributed by atoms with E-state index in [1.807, 2.05) is 0 Å². The number of phosphoric acid groups is 1. The molecular formula is C22H36O10P-3. The summed E-state index contributed by atoms with van der Waals surface area (Å²) in [5.74, 6) is -4.66. The summed E-state index contributed by atoms with van der Waals surface area (Å²) in [5, 5.41) is 21.8. The van der Waals surface area contributed by atoms with Crippen molar-refractivity contribution in [2.24, 2.45) is 0 Å². The Morgan fingerprint density at radius 3 is 1.97 bits per heavy atom. The van der Waals surface area contributed by atoms with E-state index in [1.165, 1.54) is 57.8 Å². The highest BCUT2D eigenvalue weighted by molar-refractivity contribution is 7.43. The molecule has 1 aliphatic rings. The van der Waals surface area contributed by atoms with Crippen molar-refractivity contribution in [2.45, 2.75) is 109 Å². The van der Waals surface area contributed by atoms with Crippen LogP contribution in [0.15, 0.2) is 11.5 Å². The summed E-state index contributed by atoms with van der Waals surface area (Å²) in [7, 11) is -5.64. The van der Waals surface area contributed by atoms with Crippen molar-refractivity contribution in [2.75, 3.05) is 6.61 Å². The lowest BCUT2D eigenvalue weighted by Crippen LogP contribution is -2.36. The van der Waals surface area contributed by atoms with Gasteiger partial charge >= 0.3 is 11.9 Å². The van der Waals surface area contributed by atoms with Crippen LogP contribution in [0.2, 0.25) is 0 Å². The SMILES string of the molecule is CCCCCCCCCCCCCCCC(=O)OCC(O)C1OC(=O)C(OP(=O)([O-])[O-])=C1[O-]. The molecule has 2 unspecified atom stereocenters. The van der Waals surface area contributed by atoms with Gasteiger partial charge in [-0.1, -0.05) is 84.0 Å². The number of carbonyl (C=O) groups is 2. The van der Waals surface area contributed by atoms with Gasteiger partial charge in [0.15, 0.2) is 0 Å². The molecule has 33 heavy (non-hydrogen) atoms. The summed E-state index contributed by atoms with van der Waals surface area (Å²) in [6, 6.07) is 0. The van der Waals surface area contributed by atoms with Crippen molar-refractivity contribution in [3.05, 3.63) is 11.5 Å². The molecule has 0 aliphatic carbocycles. The monoisotopic (exact) mass is 491 g/mol. The Morgan fingerprint density at radius 2 is 1.48 bits per heavy atom. The summed E-state index contributed by atoms with van der Waals surface area (Å²) in [6.07, 6.45) is 11.9. The summed E-state index contributed by atoms with van der Waals surface area (Å²) >= 11 is 0. The smallest absolute Gasteiger partial charge is 0.373 e. The van der Waals surface area contributed by atoms with E-state index >= 15 is 0 Å². The molecule has 0 spiro atoms. The zero-order chi connectivity index (χ0) is 24.7. The van der Waals surface area contributed by atoms with Gasteiger partial charge in [-0.15, -0.1) is 0 Å². The van der Waals surface area contributed by atoms with Crippen molar-refractivity contribution in [3.63, 3.8) is 0 Å². The Labute approximate surface area is 195 Å². The van der Waals surface area contributed by atoms with Gasteiger partial charge in [-0.25, -0.2) is 4.79 Å². The van der Waals surface area contributed by atoms with E-state index in [0.717, 1.165) is 19.3 Å². The highest BCUT2D eigenvalue weighted by Crippen LogP contribution is 2.34. The molecule has 11 heteroatoms. The number of hydrogen-bond acceptors (Lipinski definition) is 10. The molecule has 1 aliphatic heterocycles. The normalized spacial score (nSPS) is 17.2. The molecule has 1 N–H and O–H groups in total. The molecule has 0 aromatic heterocycles. The molecule has 1 rings (SSSR count). The number of aliphatic hydroxyl groups excluding tert-OH is 1. The molecule has 0 bridgehead atoms. The van der Waals surface area contributed by atoms with Crippen LogP contribution in [0.5, 0.6) is 0 Å². The average Bonchev–Trinajstić information content (AvgIpc) is 3.02. The third kappa shape index (κ3) is 13.0. The fourth-order valence-electron chi connectivity index (χ4n) is 3.52. The number of hydrogen-bond donors (Lipinski definition) is 1. The van der Waals surface area contributed by atoms with Crippen molar-refractivity contribution in [1.29, 1.82) is 0 Å². The molecule has 2 atom stereocenters. The van der Waals surface area contributed by atoms with Gasteiger partial charge in [0.2, 0.25) is 5.76 Å². The summed E-state index contributed by atoms with van der Waals surface area (Å²) < 4.78 is 23.8. The second-order valence-corrected chi connectivity index (χ2v) is 9.38. The molecule has 10 nitrogen and oxygen atoms in total. The van der Waals surface area contributed by atoms with Crippen LogP contribution in [0.3, 0.4) is 0 Å². The molecule has 0 fully saturated rings. The van der Waals surface area contributed by atoms with Crippen LogP contribution in [0, 0.1) is 0 Å². The Hall–Kier alpha value is -1.61. The van der Waals surface area contributed by atoms with E-state index < -0.39 is 50.1 Å². The highest BCUT2D eigenvalue weighted by Gasteiger charge is 2.36. The van der Waals surface area contributed by atoms with Crippen molar-refractivity contribution in [3.8, 4) is 0 Å². The van der Waals surface area contributed by atoms with Gasteiger partial charge in [0.25, 0.3) is 0 Å². The molecule has 0 aromatic rings. The number of rotatable bonds is 19. The lowest BCUT2D eigenvalue weighted by atomic mass is 10.0. The molecule has 0 amide bonds. The zero-order valence-electron chi connectivity index (χ0n) is 19.3. The molecular weight excluding hydrogens is 455 g/mol. The summed E-state index contributed by atoms with van der Waals surface area (Å²) in [4.78, 5) is 44.4. The fourth-order valence-corrected chi connectivity index (χ4v) is 3.91. The number of carbonyl (C=O) groups excluding carboxylic acids is 2. The maximum Gasteiger partial charge on any atom is 0.373 e. The topological polar surface area (TPSA) is 168 Å². The molecule has 1 heterocycles. The van der Waals surface area contributed by atoms with Crippen LogP contribution in [-0.2, 0) is 28.2 Å². The standard InChI is InChI=1S/C22H39O10P/c1-2-3-4-5-6-7-8-9-10-11-12-13-14-15-18(24)30-16-17(23)20-19(25)21(22(26)31-20)32-33(27,28)29/h17,20,23,25H,2-16H2,1H3,(H2,27,28,29)/p-3. The molecule has 0 saturated carbocycles. The Bertz CT molecular complexity index is 672. The minimum absolute atomic E-state index is 0.152. The van der Waals surface area contributed by atoms with Gasteiger partial charge < -0.3 is 38.6 Å². The molecule has 0 aromatic carbocycles. The van der Waals surface area contributed by atoms with Gasteiger partial charge in [0.05, 0.1) is 0 Å². The maximum atomic E-state index is 11.9. The lowest BCUT2D eigenvalue weighted by Gasteiger charge is -2.29. The van der Waals surface area contributed by atoms with Crippen LogP contribution < -0.4 is 14.9 Å². The first kappa shape index (κ1) is 29.4. The van der Waals surface area contributed by atoms with E-state index in [0.29, 0.717) is 6.42 Å². The minimum atomic E-state index is -5.64. The van der Waals surface area contributed by atoms with Crippen molar-refractivity contribution < 1.29 is 48.2 Å². The lowest BCUT2D eigenvalue weighted by molar-refractivity contribution is -0.343. The quantitative estimate of drug-likeness (QED) is 0.159. The highest BCUT2D eigenvalue weighted by atomic mass is 31.2. The van der Waals surface area contributed by atoms with Crippen LogP contribution in [-0.4, -0.2) is 35.9 Å². The molecule has 0 radical (unpaired) electrons. The minimum Gasteiger partial charge on any atom is -0.870 e. The van der Waals surface area contributed by atoms with Crippen molar-refractivity contribution in [1.82, 2.24) is 0 Å². The third-order valence-electron chi connectivity index (χ3n) is 5.35. The van der Waals surface area contributed by atoms with E-state index in [4.69, 9.17) is 4.74 Å². The van der Waals surface area contributed by atoms with Crippen LogP contribution >= 0.6 is 7.82 Å². The third-order valence-corrected chi connectivity index (χ3v) is 5.76. The number of ether oxygens (including phenoxy) is 2. The van der Waals surface area contributed by atoms with Gasteiger partial charge in [0.1, 0.15) is 26.6 Å². The predicted molar refractivity (Wildman–Crippen MR) is 113 cm³/mol. The van der Waals surface area contributed by atoms with Crippen LogP contribution in [0.4, 0.5) is 0 Å². The van der Waals surface area contributed by atoms with Gasteiger partial charge in [-0.2, -0.15) is 0 Å². The Kier molecular flexibility index (Phi) is 14.3. The second-order valence-electron chi connectivity index (χ2n) is 8.30. The van der Waals surface area contributed by atoms with Gasteiger partial charge in [-0.3, -0.25) is 4.79 Å². The molecule has 192 valence electrons. The Balaban J connectivity index is 2.09. The summed E-state index contributed by atoms with van der Waals surface area (Å²) in [6.45, 7) is 1.59. The number of phosphoric ester groups is 1. The van der Waals surface area contributed by atoms with E-state index in [-0.39, 0.29) is 6.42 Å². The van der Waals surface area contributed by atoms with Crippen LogP contribution in [0.1, 0.15) is 96.8 Å². The van der Waals surface area contributed by atoms with Gasteiger partial charge in [0, 0.05) is 6.42 Å². The first-order valence-corrected chi connectivity index (χ1v) is 13.3. The van der Waals surface area contributed by atoms with Crippen molar-refractivity contribution >= 4 is 19.8 Å². The Morgan fingerprint density at radius 1 is 1.00 bits per heavy atom. The first-order chi connectivity index (χ1) is 15.7.